The van der Waals surface area contributed by atoms with Gasteiger partial charge in [0.25, 0.3) is 0 Å². The van der Waals surface area contributed by atoms with Gasteiger partial charge in [0.05, 0.1) is 6.04 Å². The Morgan fingerprint density at radius 3 is 2.28 bits per heavy atom. The van der Waals surface area contributed by atoms with Crippen LogP contribution in [0.1, 0.15) is 11.6 Å². The summed E-state index contributed by atoms with van der Waals surface area (Å²) in [4.78, 5) is 2.03. The van der Waals surface area contributed by atoms with Crippen LogP contribution in [0, 0.1) is 11.6 Å². The summed E-state index contributed by atoms with van der Waals surface area (Å²) in [5, 5.41) is 3.21. The third-order valence-electron chi connectivity index (χ3n) is 3.06. The zero-order valence-electron chi connectivity index (χ0n) is 10.0. The monoisotopic (exact) mass is 274 g/mol. The third kappa shape index (κ3) is 3.07. The van der Waals surface area contributed by atoms with Crippen LogP contribution in [0.4, 0.5) is 8.78 Å². The molecular formula is C13H17ClF2N2. The van der Waals surface area contributed by atoms with E-state index < -0.39 is 17.7 Å². The number of hydrogen-bond donors (Lipinski definition) is 1. The van der Waals surface area contributed by atoms with Gasteiger partial charge < -0.3 is 5.32 Å². The van der Waals surface area contributed by atoms with Crippen molar-refractivity contribution in [3.63, 3.8) is 0 Å². The van der Waals surface area contributed by atoms with Crippen LogP contribution in [-0.4, -0.2) is 31.1 Å². The van der Waals surface area contributed by atoms with Gasteiger partial charge in [-0.1, -0.05) is 12.1 Å². The van der Waals surface area contributed by atoms with Crippen LogP contribution in [0.2, 0.25) is 0 Å². The van der Waals surface area contributed by atoms with Crippen molar-refractivity contribution in [2.24, 2.45) is 0 Å². The molecule has 1 heterocycles. The van der Waals surface area contributed by atoms with Gasteiger partial charge >= 0.3 is 0 Å². The molecular weight excluding hydrogens is 258 g/mol. The molecule has 1 N–H and O–H groups in total. The molecule has 0 radical (unpaired) electrons. The molecule has 100 valence electrons. The molecule has 2 rings (SSSR count). The summed E-state index contributed by atoms with van der Waals surface area (Å²) >= 11 is 0. The first-order valence-electron chi connectivity index (χ1n) is 5.75. The molecule has 1 aromatic rings. The normalized spacial score (nSPS) is 17.9. The molecule has 0 aliphatic carbocycles. The van der Waals surface area contributed by atoms with Crippen molar-refractivity contribution in [2.45, 2.75) is 6.04 Å². The maximum absolute atomic E-state index is 13.7. The first-order chi connectivity index (χ1) is 8.24. The fraction of sp³-hybridized carbons (Fsp3) is 0.385. The van der Waals surface area contributed by atoms with Gasteiger partial charge in [0.2, 0.25) is 0 Å². The van der Waals surface area contributed by atoms with E-state index in [1.54, 1.807) is 6.08 Å². The molecule has 0 aromatic heterocycles. The summed E-state index contributed by atoms with van der Waals surface area (Å²) in [5.74, 6) is -1.01. The van der Waals surface area contributed by atoms with Gasteiger partial charge in [-0.25, -0.2) is 8.78 Å². The average Bonchev–Trinajstić information content (AvgIpc) is 2.35. The average molecular weight is 275 g/mol. The lowest BCUT2D eigenvalue weighted by atomic mass is 10.0. The highest BCUT2D eigenvalue weighted by Gasteiger charge is 2.24. The van der Waals surface area contributed by atoms with E-state index in [9.17, 15) is 8.78 Å². The number of halogens is 3. The van der Waals surface area contributed by atoms with Crippen LogP contribution in [0.25, 0.3) is 0 Å². The zero-order chi connectivity index (χ0) is 12.3. The highest BCUT2D eigenvalue weighted by molar-refractivity contribution is 5.85. The molecule has 0 spiro atoms. The van der Waals surface area contributed by atoms with Crippen molar-refractivity contribution in [2.75, 3.05) is 26.2 Å². The molecule has 0 saturated carbocycles. The molecule has 0 bridgehead atoms. The first kappa shape index (κ1) is 15.1. The number of hydrogen-bond acceptors (Lipinski definition) is 2. The van der Waals surface area contributed by atoms with Gasteiger partial charge in [-0.05, 0) is 12.1 Å². The molecule has 5 heteroatoms. The van der Waals surface area contributed by atoms with Gasteiger partial charge in [0, 0.05) is 31.7 Å². The van der Waals surface area contributed by atoms with E-state index in [1.165, 1.54) is 18.2 Å². The van der Waals surface area contributed by atoms with Crippen molar-refractivity contribution < 1.29 is 8.78 Å². The molecule has 2 nitrogen and oxygen atoms in total. The van der Waals surface area contributed by atoms with E-state index in [-0.39, 0.29) is 18.0 Å². The summed E-state index contributed by atoms with van der Waals surface area (Å²) in [6.45, 7) is 6.90. The predicted octanol–water partition coefficient (Wildman–Crippen LogP) is 2.52. The van der Waals surface area contributed by atoms with E-state index in [0.717, 1.165) is 26.2 Å². The van der Waals surface area contributed by atoms with E-state index in [1.807, 2.05) is 4.90 Å². The van der Waals surface area contributed by atoms with E-state index >= 15 is 0 Å². The van der Waals surface area contributed by atoms with Crippen LogP contribution in [-0.2, 0) is 0 Å². The molecule has 1 aliphatic heterocycles. The number of rotatable bonds is 3. The fourth-order valence-corrected chi connectivity index (χ4v) is 2.20. The Kier molecular flexibility index (Phi) is 5.72. The number of benzene rings is 1. The van der Waals surface area contributed by atoms with Gasteiger partial charge in [-0.2, -0.15) is 0 Å². The SMILES string of the molecule is C=C[C@H](c1c(F)cccc1F)N1CCNCC1.Cl. The minimum absolute atomic E-state index is 0. The minimum atomic E-state index is -0.506. The van der Waals surface area contributed by atoms with Crippen LogP contribution in [0.5, 0.6) is 0 Å². The maximum Gasteiger partial charge on any atom is 0.131 e. The van der Waals surface area contributed by atoms with Gasteiger partial charge in [0.1, 0.15) is 11.6 Å². The van der Waals surface area contributed by atoms with Crippen molar-refractivity contribution in [3.05, 3.63) is 48.1 Å². The number of piperazine rings is 1. The Morgan fingerprint density at radius 2 is 1.78 bits per heavy atom. The largest absolute Gasteiger partial charge is 0.314 e. The molecule has 1 atom stereocenters. The zero-order valence-corrected chi connectivity index (χ0v) is 10.9. The quantitative estimate of drug-likeness (QED) is 0.852. The van der Waals surface area contributed by atoms with Gasteiger partial charge in [-0.3, -0.25) is 4.90 Å². The molecule has 0 unspecified atom stereocenters. The van der Waals surface area contributed by atoms with Crippen LogP contribution >= 0.6 is 12.4 Å². The van der Waals surface area contributed by atoms with Gasteiger partial charge in [-0.15, -0.1) is 19.0 Å². The second kappa shape index (κ2) is 6.83. The Hall–Kier alpha value is -0.970. The summed E-state index contributed by atoms with van der Waals surface area (Å²) in [7, 11) is 0. The van der Waals surface area contributed by atoms with Crippen molar-refractivity contribution in [1.82, 2.24) is 10.2 Å². The highest BCUT2D eigenvalue weighted by Crippen LogP contribution is 2.27. The Bertz CT molecular complexity index is 386. The summed E-state index contributed by atoms with van der Waals surface area (Å²) in [5.41, 5.74) is 0.101. The molecule has 1 saturated heterocycles. The smallest absolute Gasteiger partial charge is 0.131 e. The highest BCUT2D eigenvalue weighted by atomic mass is 35.5. The lowest BCUT2D eigenvalue weighted by Gasteiger charge is -2.33. The maximum atomic E-state index is 13.7. The lowest BCUT2D eigenvalue weighted by Crippen LogP contribution is -2.45. The number of nitrogens with one attached hydrogen (secondary N) is 1. The van der Waals surface area contributed by atoms with Gasteiger partial charge in [0.15, 0.2) is 0 Å². The standard InChI is InChI=1S/C13H16F2N2.ClH/c1-2-12(17-8-6-16-7-9-17)13-10(14)4-3-5-11(13)15;/h2-5,12,16H,1,6-9H2;1H/t12-;/m1./s1. The summed E-state index contributed by atoms with van der Waals surface area (Å²) in [6, 6.07) is 3.57. The summed E-state index contributed by atoms with van der Waals surface area (Å²) in [6.07, 6.45) is 1.60. The van der Waals surface area contributed by atoms with E-state index in [2.05, 4.69) is 11.9 Å². The predicted molar refractivity (Wildman–Crippen MR) is 71.0 cm³/mol. The molecule has 18 heavy (non-hydrogen) atoms. The van der Waals surface area contributed by atoms with Crippen LogP contribution < -0.4 is 5.32 Å². The van der Waals surface area contributed by atoms with E-state index in [0.29, 0.717) is 0 Å². The van der Waals surface area contributed by atoms with Crippen molar-refractivity contribution in [1.29, 1.82) is 0 Å². The Labute approximate surface area is 112 Å². The molecule has 1 aromatic carbocycles. The number of nitrogens with zero attached hydrogens (tertiary/aromatic N) is 1. The lowest BCUT2D eigenvalue weighted by molar-refractivity contribution is 0.197. The second-order valence-electron chi connectivity index (χ2n) is 4.10. The fourth-order valence-electron chi connectivity index (χ4n) is 2.20. The van der Waals surface area contributed by atoms with Crippen molar-refractivity contribution in [3.8, 4) is 0 Å². The Morgan fingerprint density at radius 1 is 1.22 bits per heavy atom. The second-order valence-corrected chi connectivity index (χ2v) is 4.10. The third-order valence-corrected chi connectivity index (χ3v) is 3.06. The first-order valence-corrected chi connectivity index (χ1v) is 5.75. The molecule has 1 fully saturated rings. The topological polar surface area (TPSA) is 15.3 Å². The van der Waals surface area contributed by atoms with Crippen molar-refractivity contribution >= 4 is 12.4 Å². The summed E-state index contributed by atoms with van der Waals surface area (Å²) < 4.78 is 27.4. The molecule has 1 aliphatic rings. The Balaban J connectivity index is 0.00000162. The van der Waals surface area contributed by atoms with Crippen LogP contribution in [0.15, 0.2) is 30.9 Å². The van der Waals surface area contributed by atoms with Crippen LogP contribution in [0.3, 0.4) is 0 Å². The minimum Gasteiger partial charge on any atom is -0.314 e. The van der Waals surface area contributed by atoms with E-state index in [4.69, 9.17) is 0 Å². The molecule has 0 amide bonds.